The van der Waals surface area contributed by atoms with Crippen molar-refractivity contribution < 1.29 is 14.7 Å². The summed E-state index contributed by atoms with van der Waals surface area (Å²) in [6.07, 6.45) is 3.91. The molecule has 0 unspecified atom stereocenters. The first-order valence-corrected chi connectivity index (χ1v) is 7.26. The van der Waals surface area contributed by atoms with Gasteiger partial charge in [0.1, 0.15) is 6.04 Å². The van der Waals surface area contributed by atoms with E-state index in [1.165, 1.54) is 0 Å². The highest BCUT2D eigenvalue weighted by molar-refractivity contribution is 5.78. The summed E-state index contributed by atoms with van der Waals surface area (Å²) in [7, 11) is 0. The molecule has 6 nitrogen and oxygen atoms in total. The van der Waals surface area contributed by atoms with E-state index < -0.39 is 12.0 Å². The highest BCUT2D eigenvalue weighted by Crippen LogP contribution is 2.07. The van der Waals surface area contributed by atoms with Crippen molar-refractivity contribution >= 4 is 11.9 Å². The van der Waals surface area contributed by atoms with E-state index in [-0.39, 0.29) is 18.7 Å². The van der Waals surface area contributed by atoms with Crippen molar-refractivity contribution in [3.63, 3.8) is 0 Å². The number of nitrogens with two attached hydrogens (primary N) is 1. The van der Waals surface area contributed by atoms with Gasteiger partial charge >= 0.3 is 5.97 Å². The topological polar surface area (TPSA) is 105 Å². The standard InChI is InChI=1S/C17H19N3O3/c18-15(17(22)23)9-12-1-3-13(4-2-12)10-16(21)20-11-14-5-7-19-8-6-14/h1-8,15H,9-11,18H2,(H,20,21)(H,22,23)/t15-/m0/s1. The van der Waals surface area contributed by atoms with Crippen molar-refractivity contribution in [2.45, 2.75) is 25.4 Å². The lowest BCUT2D eigenvalue weighted by atomic mass is 10.0. The molecule has 120 valence electrons. The van der Waals surface area contributed by atoms with E-state index in [0.29, 0.717) is 6.54 Å². The molecular weight excluding hydrogens is 294 g/mol. The van der Waals surface area contributed by atoms with Gasteiger partial charge < -0.3 is 16.2 Å². The number of carboxylic acids is 1. The Labute approximate surface area is 134 Å². The van der Waals surface area contributed by atoms with Crippen LogP contribution >= 0.6 is 0 Å². The summed E-state index contributed by atoms with van der Waals surface area (Å²) < 4.78 is 0. The molecule has 0 saturated carbocycles. The third-order valence-electron chi connectivity index (χ3n) is 3.40. The summed E-state index contributed by atoms with van der Waals surface area (Å²) in [5, 5.41) is 11.6. The van der Waals surface area contributed by atoms with E-state index in [4.69, 9.17) is 10.8 Å². The van der Waals surface area contributed by atoms with Crippen LogP contribution in [0.5, 0.6) is 0 Å². The number of carboxylic acid groups (broad SMARTS) is 1. The maximum absolute atomic E-state index is 11.9. The van der Waals surface area contributed by atoms with E-state index in [2.05, 4.69) is 10.3 Å². The second-order valence-electron chi connectivity index (χ2n) is 5.27. The van der Waals surface area contributed by atoms with Gasteiger partial charge in [-0.25, -0.2) is 0 Å². The molecule has 0 bridgehead atoms. The number of aromatic nitrogens is 1. The van der Waals surface area contributed by atoms with E-state index in [1.54, 1.807) is 24.5 Å². The molecule has 6 heteroatoms. The van der Waals surface area contributed by atoms with E-state index >= 15 is 0 Å². The summed E-state index contributed by atoms with van der Waals surface area (Å²) >= 11 is 0. The number of carbonyl (C=O) groups is 2. The normalized spacial score (nSPS) is 11.7. The number of aliphatic carboxylic acids is 1. The molecule has 1 atom stereocenters. The van der Waals surface area contributed by atoms with Crippen molar-refractivity contribution in [2.75, 3.05) is 0 Å². The largest absolute Gasteiger partial charge is 0.480 e. The zero-order chi connectivity index (χ0) is 16.7. The molecule has 0 spiro atoms. The van der Waals surface area contributed by atoms with Crippen LogP contribution in [0.15, 0.2) is 48.8 Å². The highest BCUT2D eigenvalue weighted by atomic mass is 16.4. The maximum Gasteiger partial charge on any atom is 0.320 e. The second-order valence-corrected chi connectivity index (χ2v) is 5.27. The molecule has 2 aromatic rings. The van der Waals surface area contributed by atoms with Crippen molar-refractivity contribution in [3.8, 4) is 0 Å². The average molecular weight is 313 g/mol. The number of hydrogen-bond donors (Lipinski definition) is 3. The molecule has 1 heterocycles. The van der Waals surface area contributed by atoms with Crippen LogP contribution in [0.4, 0.5) is 0 Å². The van der Waals surface area contributed by atoms with E-state index in [9.17, 15) is 9.59 Å². The third kappa shape index (κ3) is 5.52. The number of rotatable bonds is 7. The van der Waals surface area contributed by atoms with Crippen LogP contribution in [0.25, 0.3) is 0 Å². The summed E-state index contributed by atoms with van der Waals surface area (Å²) in [4.78, 5) is 26.6. The average Bonchev–Trinajstić information content (AvgIpc) is 2.55. The summed E-state index contributed by atoms with van der Waals surface area (Å²) in [6.45, 7) is 0.465. The molecule has 0 fully saturated rings. The SMILES string of the molecule is N[C@@H](Cc1ccc(CC(=O)NCc2ccncc2)cc1)C(=O)O. The molecule has 0 aliphatic carbocycles. The Bertz CT molecular complexity index is 657. The van der Waals surface area contributed by atoms with Crippen LogP contribution in [-0.4, -0.2) is 28.0 Å². The lowest BCUT2D eigenvalue weighted by molar-refractivity contribution is -0.138. The van der Waals surface area contributed by atoms with E-state index in [1.807, 2.05) is 24.3 Å². The lowest BCUT2D eigenvalue weighted by Crippen LogP contribution is -2.32. The molecule has 4 N–H and O–H groups in total. The van der Waals surface area contributed by atoms with Crippen LogP contribution < -0.4 is 11.1 Å². The van der Waals surface area contributed by atoms with Crippen molar-refractivity contribution in [1.82, 2.24) is 10.3 Å². The summed E-state index contributed by atoms with van der Waals surface area (Å²) in [5.41, 5.74) is 8.19. The monoisotopic (exact) mass is 313 g/mol. The zero-order valence-corrected chi connectivity index (χ0v) is 12.6. The van der Waals surface area contributed by atoms with Gasteiger partial charge in [-0.15, -0.1) is 0 Å². The second kappa shape index (κ2) is 8.05. The molecule has 0 radical (unpaired) electrons. The minimum atomic E-state index is -1.02. The number of pyridine rings is 1. The molecule has 1 aromatic heterocycles. The molecule has 0 saturated heterocycles. The predicted molar refractivity (Wildman–Crippen MR) is 85.5 cm³/mol. The number of nitrogens with one attached hydrogen (secondary N) is 1. The van der Waals surface area contributed by atoms with Gasteiger partial charge in [-0.05, 0) is 35.2 Å². The fourth-order valence-corrected chi connectivity index (χ4v) is 2.08. The van der Waals surface area contributed by atoms with Gasteiger partial charge in [0.25, 0.3) is 0 Å². The molecule has 23 heavy (non-hydrogen) atoms. The zero-order valence-electron chi connectivity index (χ0n) is 12.6. The van der Waals surface area contributed by atoms with Crippen molar-refractivity contribution in [1.29, 1.82) is 0 Å². The number of nitrogens with zero attached hydrogens (tertiary/aromatic N) is 1. The molecular formula is C17H19N3O3. The Morgan fingerprint density at radius 1 is 1.04 bits per heavy atom. The minimum Gasteiger partial charge on any atom is -0.480 e. The smallest absolute Gasteiger partial charge is 0.320 e. The first-order chi connectivity index (χ1) is 11.0. The van der Waals surface area contributed by atoms with Gasteiger partial charge in [0.05, 0.1) is 6.42 Å². The van der Waals surface area contributed by atoms with Crippen LogP contribution in [0.3, 0.4) is 0 Å². The van der Waals surface area contributed by atoms with Crippen molar-refractivity contribution in [3.05, 3.63) is 65.5 Å². The summed E-state index contributed by atoms with van der Waals surface area (Å²) in [6, 6.07) is 10.0. The fraction of sp³-hybridized carbons (Fsp3) is 0.235. The Balaban J connectivity index is 1.83. The number of hydrogen-bond acceptors (Lipinski definition) is 4. The van der Waals surface area contributed by atoms with E-state index in [0.717, 1.165) is 16.7 Å². The number of amides is 1. The predicted octanol–water partition coefficient (Wildman–Crippen LogP) is 0.895. The fourth-order valence-electron chi connectivity index (χ4n) is 2.08. The summed E-state index contributed by atoms with van der Waals surface area (Å²) in [5.74, 6) is -1.10. The first-order valence-electron chi connectivity index (χ1n) is 7.26. The third-order valence-corrected chi connectivity index (χ3v) is 3.40. The van der Waals surface area contributed by atoms with Gasteiger partial charge in [0.2, 0.25) is 5.91 Å². The van der Waals surface area contributed by atoms with Gasteiger partial charge in [-0.3, -0.25) is 14.6 Å². The quantitative estimate of drug-likeness (QED) is 0.704. The van der Waals surface area contributed by atoms with Gasteiger partial charge in [-0.1, -0.05) is 24.3 Å². The van der Waals surface area contributed by atoms with Crippen molar-refractivity contribution in [2.24, 2.45) is 5.73 Å². The molecule has 0 aliphatic heterocycles. The van der Waals surface area contributed by atoms with Gasteiger partial charge in [0.15, 0.2) is 0 Å². The Morgan fingerprint density at radius 2 is 1.65 bits per heavy atom. The Morgan fingerprint density at radius 3 is 2.26 bits per heavy atom. The molecule has 1 amide bonds. The van der Waals surface area contributed by atoms with Crippen LogP contribution in [0.1, 0.15) is 16.7 Å². The minimum absolute atomic E-state index is 0.0724. The first kappa shape index (κ1) is 16.6. The number of benzene rings is 1. The maximum atomic E-state index is 11.9. The van der Waals surface area contributed by atoms with Crippen LogP contribution in [-0.2, 0) is 29.0 Å². The van der Waals surface area contributed by atoms with Crippen LogP contribution in [0, 0.1) is 0 Å². The highest BCUT2D eigenvalue weighted by Gasteiger charge is 2.12. The molecule has 0 aliphatic rings. The number of carbonyl (C=O) groups excluding carboxylic acids is 1. The van der Waals surface area contributed by atoms with Gasteiger partial charge in [-0.2, -0.15) is 0 Å². The molecule has 1 aromatic carbocycles. The Kier molecular flexibility index (Phi) is 5.82. The van der Waals surface area contributed by atoms with Gasteiger partial charge in [0, 0.05) is 18.9 Å². The Hall–Kier alpha value is -2.73. The molecule has 2 rings (SSSR count). The van der Waals surface area contributed by atoms with Crippen LogP contribution in [0.2, 0.25) is 0 Å². The lowest BCUT2D eigenvalue weighted by Gasteiger charge is -2.08.